The van der Waals surface area contributed by atoms with Gasteiger partial charge in [-0.05, 0) is 37.6 Å². The second kappa shape index (κ2) is 5.73. The quantitative estimate of drug-likeness (QED) is 0.915. The van der Waals surface area contributed by atoms with Gasteiger partial charge in [0.05, 0.1) is 6.04 Å². The minimum atomic E-state index is -0.457. The number of rotatable bonds is 4. The lowest BCUT2D eigenvalue weighted by molar-refractivity contribution is 0.566. The Bertz CT molecular complexity index is 572. The molecule has 1 unspecified atom stereocenters. The molecular formula is C14H15F2N3. The third-order valence-corrected chi connectivity index (χ3v) is 2.84. The second-order valence-corrected chi connectivity index (χ2v) is 4.29. The lowest BCUT2D eigenvalue weighted by Crippen LogP contribution is -2.14. The third kappa shape index (κ3) is 3.24. The molecule has 0 saturated carbocycles. The smallest absolute Gasteiger partial charge is 0.223 e. The molecule has 0 bridgehead atoms. The van der Waals surface area contributed by atoms with E-state index >= 15 is 0 Å². The van der Waals surface area contributed by atoms with Gasteiger partial charge >= 0.3 is 0 Å². The van der Waals surface area contributed by atoms with Crippen LogP contribution in [-0.2, 0) is 0 Å². The van der Waals surface area contributed by atoms with E-state index in [4.69, 9.17) is 0 Å². The highest BCUT2D eigenvalue weighted by molar-refractivity contribution is 5.33. The molecule has 1 atom stereocenters. The maximum absolute atomic E-state index is 13.7. The van der Waals surface area contributed by atoms with E-state index in [2.05, 4.69) is 15.3 Å². The Morgan fingerprint density at radius 1 is 1.26 bits per heavy atom. The van der Waals surface area contributed by atoms with Crippen LogP contribution in [0.2, 0.25) is 0 Å². The Morgan fingerprint density at radius 2 is 2.05 bits per heavy atom. The first-order valence-electron chi connectivity index (χ1n) is 6.11. The van der Waals surface area contributed by atoms with Crippen LogP contribution < -0.4 is 5.32 Å². The standard InChI is InChI=1S/C14H15F2N3/c1-3-13(11-8-10(15)4-5-12(11)16)19-14-17-7-6-9(2)18-14/h4-8,13H,3H2,1-2H3,(H,17,18,19). The van der Waals surface area contributed by atoms with Crippen molar-refractivity contribution >= 4 is 5.95 Å². The highest BCUT2D eigenvalue weighted by Gasteiger charge is 2.15. The van der Waals surface area contributed by atoms with Crippen molar-refractivity contribution in [2.45, 2.75) is 26.3 Å². The van der Waals surface area contributed by atoms with Crippen molar-refractivity contribution in [2.75, 3.05) is 5.32 Å². The van der Waals surface area contributed by atoms with Crippen LogP contribution in [0.15, 0.2) is 30.5 Å². The second-order valence-electron chi connectivity index (χ2n) is 4.29. The average Bonchev–Trinajstić information content (AvgIpc) is 2.39. The van der Waals surface area contributed by atoms with Gasteiger partial charge in [-0.15, -0.1) is 0 Å². The summed E-state index contributed by atoms with van der Waals surface area (Å²) >= 11 is 0. The van der Waals surface area contributed by atoms with Crippen molar-refractivity contribution in [2.24, 2.45) is 0 Å². The zero-order valence-corrected chi connectivity index (χ0v) is 10.8. The van der Waals surface area contributed by atoms with Gasteiger partial charge in [-0.25, -0.2) is 18.7 Å². The molecule has 0 aliphatic carbocycles. The van der Waals surface area contributed by atoms with E-state index in [1.807, 2.05) is 13.8 Å². The Morgan fingerprint density at radius 3 is 2.74 bits per heavy atom. The Labute approximate surface area is 110 Å². The molecule has 19 heavy (non-hydrogen) atoms. The summed E-state index contributed by atoms with van der Waals surface area (Å²) < 4.78 is 27.0. The van der Waals surface area contributed by atoms with E-state index in [-0.39, 0.29) is 11.6 Å². The summed E-state index contributed by atoms with van der Waals surface area (Å²) in [7, 11) is 0. The molecule has 2 rings (SSSR count). The monoisotopic (exact) mass is 263 g/mol. The maximum atomic E-state index is 13.7. The van der Waals surface area contributed by atoms with E-state index in [9.17, 15) is 8.78 Å². The zero-order valence-electron chi connectivity index (χ0n) is 10.8. The van der Waals surface area contributed by atoms with Crippen molar-refractivity contribution in [3.8, 4) is 0 Å². The highest BCUT2D eigenvalue weighted by atomic mass is 19.1. The number of hydrogen-bond donors (Lipinski definition) is 1. The number of nitrogens with one attached hydrogen (secondary N) is 1. The van der Waals surface area contributed by atoms with Gasteiger partial charge in [0.1, 0.15) is 11.6 Å². The van der Waals surface area contributed by atoms with Crippen LogP contribution in [0.25, 0.3) is 0 Å². The average molecular weight is 263 g/mol. The molecule has 1 heterocycles. The largest absolute Gasteiger partial charge is 0.347 e. The van der Waals surface area contributed by atoms with Gasteiger partial charge < -0.3 is 5.32 Å². The number of hydrogen-bond acceptors (Lipinski definition) is 3. The first-order chi connectivity index (χ1) is 9.10. The SMILES string of the molecule is CCC(Nc1nccc(C)n1)c1cc(F)ccc1F. The van der Waals surface area contributed by atoms with Gasteiger partial charge in [-0.3, -0.25) is 0 Å². The summed E-state index contributed by atoms with van der Waals surface area (Å²) in [6.45, 7) is 3.73. The molecule has 0 aliphatic heterocycles. The van der Waals surface area contributed by atoms with E-state index in [0.717, 1.165) is 17.8 Å². The number of aromatic nitrogens is 2. The zero-order chi connectivity index (χ0) is 13.8. The number of aryl methyl sites for hydroxylation is 1. The molecule has 0 fully saturated rings. The first-order valence-corrected chi connectivity index (χ1v) is 6.11. The van der Waals surface area contributed by atoms with Gasteiger partial charge in [-0.2, -0.15) is 0 Å². The molecule has 3 nitrogen and oxygen atoms in total. The molecule has 5 heteroatoms. The number of anilines is 1. The van der Waals surface area contributed by atoms with Crippen LogP contribution in [0.3, 0.4) is 0 Å². The Hall–Kier alpha value is -2.04. The molecule has 0 amide bonds. The summed E-state index contributed by atoms with van der Waals surface area (Å²) in [6, 6.07) is 4.85. The third-order valence-electron chi connectivity index (χ3n) is 2.84. The van der Waals surface area contributed by atoms with Crippen molar-refractivity contribution in [1.82, 2.24) is 9.97 Å². The van der Waals surface area contributed by atoms with Crippen LogP contribution in [0.1, 0.15) is 30.6 Å². The van der Waals surface area contributed by atoms with Crippen LogP contribution in [0.4, 0.5) is 14.7 Å². The fraction of sp³-hybridized carbons (Fsp3) is 0.286. The summed E-state index contributed by atoms with van der Waals surface area (Å²) in [5, 5.41) is 3.02. The van der Waals surface area contributed by atoms with Crippen LogP contribution in [-0.4, -0.2) is 9.97 Å². The number of halogens is 2. The highest BCUT2D eigenvalue weighted by Crippen LogP contribution is 2.24. The van der Waals surface area contributed by atoms with Gasteiger partial charge in [0, 0.05) is 17.5 Å². The molecule has 0 radical (unpaired) electrons. The van der Waals surface area contributed by atoms with Crippen LogP contribution >= 0.6 is 0 Å². The molecule has 100 valence electrons. The lowest BCUT2D eigenvalue weighted by atomic mass is 10.0. The molecular weight excluding hydrogens is 248 g/mol. The van der Waals surface area contributed by atoms with E-state index < -0.39 is 11.6 Å². The summed E-state index contributed by atoms with van der Waals surface area (Å²) in [4.78, 5) is 8.27. The molecule has 1 N–H and O–H groups in total. The molecule has 1 aromatic heterocycles. The molecule has 0 aliphatic rings. The molecule has 0 saturated heterocycles. The maximum Gasteiger partial charge on any atom is 0.223 e. The van der Waals surface area contributed by atoms with Crippen LogP contribution in [0.5, 0.6) is 0 Å². The molecule has 0 spiro atoms. The van der Waals surface area contributed by atoms with Gasteiger partial charge in [0.15, 0.2) is 0 Å². The molecule has 1 aromatic carbocycles. The fourth-order valence-corrected chi connectivity index (χ4v) is 1.86. The van der Waals surface area contributed by atoms with Crippen molar-refractivity contribution in [3.63, 3.8) is 0 Å². The van der Waals surface area contributed by atoms with E-state index in [1.54, 1.807) is 12.3 Å². The Balaban J connectivity index is 2.27. The predicted molar refractivity (Wildman–Crippen MR) is 69.8 cm³/mol. The Kier molecular flexibility index (Phi) is 4.04. The van der Waals surface area contributed by atoms with Gasteiger partial charge in [-0.1, -0.05) is 6.92 Å². The molecule has 2 aromatic rings. The van der Waals surface area contributed by atoms with Crippen LogP contribution in [0, 0.1) is 18.6 Å². The van der Waals surface area contributed by atoms with Gasteiger partial charge in [0.2, 0.25) is 5.95 Å². The predicted octanol–water partition coefficient (Wildman–Crippen LogP) is 3.63. The normalized spacial score (nSPS) is 12.2. The number of nitrogens with zero attached hydrogens (tertiary/aromatic N) is 2. The number of benzene rings is 1. The summed E-state index contributed by atoms with van der Waals surface area (Å²) in [5.74, 6) is -0.481. The fourth-order valence-electron chi connectivity index (χ4n) is 1.86. The van der Waals surface area contributed by atoms with Crippen molar-refractivity contribution < 1.29 is 8.78 Å². The van der Waals surface area contributed by atoms with Crippen molar-refractivity contribution in [1.29, 1.82) is 0 Å². The minimum Gasteiger partial charge on any atom is -0.347 e. The topological polar surface area (TPSA) is 37.8 Å². The van der Waals surface area contributed by atoms with Crippen molar-refractivity contribution in [3.05, 3.63) is 53.4 Å². The first kappa shape index (κ1) is 13.4. The van der Waals surface area contributed by atoms with Gasteiger partial charge in [0.25, 0.3) is 0 Å². The lowest BCUT2D eigenvalue weighted by Gasteiger charge is -2.18. The summed E-state index contributed by atoms with van der Waals surface area (Å²) in [5.41, 5.74) is 1.10. The van der Waals surface area contributed by atoms with E-state index in [0.29, 0.717) is 12.4 Å². The van der Waals surface area contributed by atoms with E-state index in [1.165, 1.54) is 6.07 Å². The minimum absolute atomic E-state index is 0.285. The summed E-state index contributed by atoms with van der Waals surface area (Å²) in [6.07, 6.45) is 2.22.